The molecule has 1 unspecified atom stereocenters. The van der Waals surface area contributed by atoms with E-state index in [0.29, 0.717) is 23.5 Å². The summed E-state index contributed by atoms with van der Waals surface area (Å²) in [6.07, 6.45) is 3.54. The Bertz CT molecular complexity index is 1330. The Labute approximate surface area is 215 Å². The van der Waals surface area contributed by atoms with Gasteiger partial charge in [0.25, 0.3) is 11.7 Å². The fourth-order valence-corrected chi connectivity index (χ4v) is 4.25. The highest BCUT2D eigenvalue weighted by Gasteiger charge is 2.43. The van der Waals surface area contributed by atoms with Crippen molar-refractivity contribution in [3.8, 4) is 5.75 Å². The van der Waals surface area contributed by atoms with Crippen LogP contribution in [0.25, 0.3) is 0 Å². The minimum atomic E-state index is -1.28. The molecule has 0 aliphatic carbocycles. The number of ketones is 1. The first-order valence-electron chi connectivity index (χ1n) is 11.9. The van der Waals surface area contributed by atoms with Gasteiger partial charge in [-0.2, -0.15) is 0 Å². The lowest BCUT2D eigenvalue weighted by Crippen LogP contribution is -2.58. The number of amides is 3. The molecule has 3 amide bonds. The number of fused-ring (bicyclic) bond motifs is 1. The molecular weight excluding hydrogens is 472 g/mol. The molecule has 1 aromatic heterocycles. The molecule has 0 radical (unpaired) electrons. The van der Waals surface area contributed by atoms with Gasteiger partial charge in [0.15, 0.2) is 0 Å². The first kappa shape index (κ1) is 25.6. The van der Waals surface area contributed by atoms with Gasteiger partial charge in [0.05, 0.1) is 18.4 Å². The first-order valence-corrected chi connectivity index (χ1v) is 11.9. The van der Waals surface area contributed by atoms with Crippen LogP contribution in [0.15, 0.2) is 73.1 Å². The normalized spacial score (nSPS) is 14.1. The van der Waals surface area contributed by atoms with Crippen LogP contribution in [0.4, 0.5) is 11.4 Å². The Balaban J connectivity index is 1.65. The van der Waals surface area contributed by atoms with Crippen molar-refractivity contribution in [2.45, 2.75) is 32.4 Å². The maximum Gasteiger partial charge on any atom is 0.299 e. The van der Waals surface area contributed by atoms with E-state index in [9.17, 15) is 19.2 Å². The Kier molecular flexibility index (Phi) is 7.33. The largest absolute Gasteiger partial charge is 0.497 e. The Morgan fingerprint density at radius 1 is 1.05 bits per heavy atom. The lowest BCUT2D eigenvalue weighted by molar-refractivity contribution is -0.145. The second kappa shape index (κ2) is 10.6. The van der Waals surface area contributed by atoms with Gasteiger partial charge in [-0.25, -0.2) is 0 Å². The topological polar surface area (TPSA) is 109 Å². The number of para-hydroxylation sites is 1. The number of ether oxygens (including phenoxy) is 1. The number of carbonyl (C=O) groups excluding carboxylic acids is 4. The van der Waals surface area contributed by atoms with Crippen molar-refractivity contribution in [2.75, 3.05) is 23.9 Å². The Morgan fingerprint density at radius 2 is 1.78 bits per heavy atom. The summed E-state index contributed by atoms with van der Waals surface area (Å²) in [4.78, 5) is 59.4. The van der Waals surface area contributed by atoms with E-state index in [1.165, 1.54) is 9.80 Å². The van der Waals surface area contributed by atoms with Crippen molar-refractivity contribution in [3.05, 3.63) is 84.2 Å². The second-order valence-corrected chi connectivity index (χ2v) is 8.89. The molecule has 0 saturated carbocycles. The molecule has 1 aliphatic rings. The lowest BCUT2D eigenvalue weighted by atomic mass is 9.93. The van der Waals surface area contributed by atoms with E-state index in [0.717, 1.165) is 5.56 Å². The number of benzene rings is 2. The van der Waals surface area contributed by atoms with Gasteiger partial charge in [0, 0.05) is 24.6 Å². The molecule has 3 aromatic rings. The van der Waals surface area contributed by atoms with Crippen molar-refractivity contribution in [3.63, 3.8) is 0 Å². The number of carbonyl (C=O) groups is 4. The maximum atomic E-state index is 13.8. The van der Waals surface area contributed by atoms with Gasteiger partial charge in [0.1, 0.15) is 17.8 Å². The van der Waals surface area contributed by atoms with Crippen LogP contribution in [0, 0.1) is 0 Å². The van der Waals surface area contributed by atoms with Crippen LogP contribution in [0.3, 0.4) is 0 Å². The molecule has 0 fully saturated rings. The predicted molar refractivity (Wildman–Crippen MR) is 138 cm³/mol. The van der Waals surface area contributed by atoms with Crippen molar-refractivity contribution >= 4 is 34.9 Å². The molecule has 0 bridgehead atoms. The molecule has 9 nitrogen and oxygen atoms in total. The van der Waals surface area contributed by atoms with Crippen LogP contribution in [0.5, 0.6) is 5.75 Å². The summed E-state index contributed by atoms with van der Waals surface area (Å²) >= 11 is 0. The molecule has 2 heterocycles. The quantitative estimate of drug-likeness (QED) is 0.451. The van der Waals surface area contributed by atoms with E-state index >= 15 is 0 Å². The van der Waals surface area contributed by atoms with Crippen LogP contribution in [-0.2, 0) is 20.9 Å². The summed E-state index contributed by atoms with van der Waals surface area (Å²) < 4.78 is 5.18. The van der Waals surface area contributed by atoms with Crippen LogP contribution in [-0.4, -0.2) is 52.6 Å². The molecule has 1 N–H and O–H groups in total. The van der Waals surface area contributed by atoms with Gasteiger partial charge in [-0.05, 0) is 61.4 Å². The second-order valence-electron chi connectivity index (χ2n) is 8.89. The number of nitrogens with zero attached hydrogens (tertiary/aromatic N) is 3. The molecular formula is C28H28N4O5. The van der Waals surface area contributed by atoms with E-state index in [-0.39, 0.29) is 24.6 Å². The average Bonchev–Trinajstić information content (AvgIpc) is 3.17. The highest BCUT2D eigenvalue weighted by molar-refractivity contribution is 6.52. The van der Waals surface area contributed by atoms with Crippen molar-refractivity contribution < 1.29 is 23.9 Å². The van der Waals surface area contributed by atoms with Crippen LogP contribution < -0.4 is 15.0 Å². The van der Waals surface area contributed by atoms with Crippen LogP contribution in [0.2, 0.25) is 0 Å². The molecule has 1 aliphatic heterocycles. The number of rotatable bonds is 9. The Morgan fingerprint density at radius 3 is 2.43 bits per heavy atom. The number of aromatic nitrogens is 1. The van der Waals surface area contributed by atoms with E-state index < -0.39 is 23.1 Å². The van der Waals surface area contributed by atoms with E-state index in [1.54, 1.807) is 81.0 Å². The molecule has 37 heavy (non-hydrogen) atoms. The first-order chi connectivity index (χ1) is 17.8. The number of anilines is 2. The summed E-state index contributed by atoms with van der Waals surface area (Å²) in [6, 6.07) is 17.0. The number of nitrogens with one attached hydrogen (secondary N) is 1. The summed E-state index contributed by atoms with van der Waals surface area (Å²) in [6.45, 7) is 3.21. The fourth-order valence-electron chi connectivity index (χ4n) is 4.25. The number of Topliss-reactive ketones (excluding diaryl/α,β-unsaturated/α-hetero) is 1. The molecule has 190 valence electrons. The minimum absolute atomic E-state index is 0.0880. The molecule has 0 saturated heterocycles. The maximum absolute atomic E-state index is 13.8. The van der Waals surface area contributed by atoms with Gasteiger partial charge >= 0.3 is 0 Å². The van der Waals surface area contributed by atoms with Crippen molar-refractivity contribution in [1.29, 1.82) is 0 Å². The third kappa shape index (κ3) is 5.06. The van der Waals surface area contributed by atoms with Crippen molar-refractivity contribution in [2.24, 2.45) is 0 Å². The van der Waals surface area contributed by atoms with Gasteiger partial charge < -0.3 is 15.0 Å². The van der Waals surface area contributed by atoms with Crippen molar-refractivity contribution in [1.82, 2.24) is 9.88 Å². The highest BCUT2D eigenvalue weighted by Crippen LogP contribution is 2.30. The zero-order valence-electron chi connectivity index (χ0n) is 20.9. The standard InChI is InChI=1S/C28H28N4O5/c1-4-28(2,27(36)30-20-11-13-21(37-3)14-12-20)32(17-19-8-7-15-29-16-19)24(33)18-31-23-10-6-5-9-22(23)25(34)26(31)35/h5-16H,4,17-18H2,1-3H3,(H,30,36). The fraction of sp³-hybridized carbons (Fsp3) is 0.250. The zero-order valence-corrected chi connectivity index (χ0v) is 20.9. The lowest BCUT2D eigenvalue weighted by Gasteiger charge is -2.40. The van der Waals surface area contributed by atoms with Gasteiger partial charge in [-0.15, -0.1) is 0 Å². The Hall–Kier alpha value is -4.53. The van der Waals surface area contributed by atoms with Gasteiger partial charge in [-0.1, -0.05) is 25.1 Å². The van der Waals surface area contributed by atoms with E-state index in [4.69, 9.17) is 4.74 Å². The highest BCUT2D eigenvalue weighted by atomic mass is 16.5. The summed E-state index contributed by atoms with van der Waals surface area (Å²) in [5, 5.41) is 2.89. The summed E-state index contributed by atoms with van der Waals surface area (Å²) in [7, 11) is 1.56. The zero-order chi connectivity index (χ0) is 26.6. The smallest absolute Gasteiger partial charge is 0.299 e. The van der Waals surface area contributed by atoms with Crippen LogP contribution >= 0.6 is 0 Å². The van der Waals surface area contributed by atoms with Gasteiger partial charge in [-0.3, -0.25) is 29.1 Å². The SMILES string of the molecule is CCC(C)(C(=O)Nc1ccc(OC)cc1)N(Cc1cccnc1)C(=O)CN1C(=O)C(=O)c2ccccc21. The average molecular weight is 501 g/mol. The molecule has 9 heteroatoms. The number of hydrogen-bond acceptors (Lipinski definition) is 6. The van der Waals surface area contributed by atoms with Crippen LogP contribution in [0.1, 0.15) is 36.2 Å². The predicted octanol–water partition coefficient (Wildman–Crippen LogP) is 3.46. The molecule has 4 rings (SSSR count). The van der Waals surface area contributed by atoms with E-state index in [1.807, 2.05) is 13.0 Å². The number of hydrogen-bond donors (Lipinski definition) is 1. The third-order valence-electron chi connectivity index (χ3n) is 6.66. The molecule has 1 atom stereocenters. The van der Waals surface area contributed by atoms with Gasteiger partial charge in [0.2, 0.25) is 11.8 Å². The van der Waals surface area contributed by atoms with E-state index in [2.05, 4.69) is 10.3 Å². The molecule has 2 aromatic carbocycles. The summed E-state index contributed by atoms with van der Waals surface area (Å²) in [5.74, 6) is -1.64. The third-order valence-corrected chi connectivity index (χ3v) is 6.66. The minimum Gasteiger partial charge on any atom is -0.497 e. The monoisotopic (exact) mass is 500 g/mol. The number of methoxy groups -OCH3 is 1. The summed E-state index contributed by atoms with van der Waals surface area (Å²) in [5.41, 5.74) is 0.632. The number of pyridine rings is 1. The molecule has 0 spiro atoms.